The molecule has 1 saturated heterocycles. The Morgan fingerprint density at radius 1 is 1.14 bits per heavy atom. The molecule has 1 aromatic carbocycles. The fourth-order valence-electron chi connectivity index (χ4n) is 3.78. The quantitative estimate of drug-likeness (QED) is 0.808. The minimum atomic E-state index is -0.638. The Balaban J connectivity index is 1.18. The van der Waals surface area contributed by atoms with Crippen LogP contribution in [0.15, 0.2) is 41.2 Å². The first kappa shape index (κ1) is 17.2. The van der Waals surface area contributed by atoms with Crippen molar-refractivity contribution in [2.24, 2.45) is 0 Å². The second-order valence-corrected chi connectivity index (χ2v) is 7.62. The smallest absolute Gasteiger partial charge is 0.267 e. The van der Waals surface area contributed by atoms with Crippen LogP contribution in [0.2, 0.25) is 0 Å². The van der Waals surface area contributed by atoms with E-state index < -0.39 is 6.10 Å². The molecule has 3 aliphatic rings. The lowest BCUT2D eigenvalue weighted by Crippen LogP contribution is -2.60. The molecule has 0 radical (unpaired) electrons. The van der Waals surface area contributed by atoms with Crippen LogP contribution >= 0.6 is 0 Å². The van der Waals surface area contributed by atoms with Gasteiger partial charge in [0, 0.05) is 17.8 Å². The summed E-state index contributed by atoms with van der Waals surface area (Å²) in [6, 6.07) is 11.1. The van der Waals surface area contributed by atoms with Gasteiger partial charge in [0.15, 0.2) is 11.5 Å². The van der Waals surface area contributed by atoms with Crippen molar-refractivity contribution in [3.05, 3.63) is 52.4 Å². The fraction of sp³-hybridized carbons (Fsp3) is 0.429. The third kappa shape index (κ3) is 3.10. The second-order valence-electron chi connectivity index (χ2n) is 7.62. The zero-order chi connectivity index (χ0) is 19.3. The maximum Gasteiger partial charge on any atom is 0.267 e. The van der Waals surface area contributed by atoms with E-state index in [0.29, 0.717) is 36.4 Å². The number of likely N-dealkylation sites (tertiary alicyclic amines) is 1. The number of fused-ring (bicyclic) bond motifs is 1. The molecule has 1 aliphatic carbocycles. The highest BCUT2D eigenvalue weighted by Gasteiger charge is 2.39. The molecule has 7 heteroatoms. The van der Waals surface area contributed by atoms with Gasteiger partial charge in [-0.15, -0.1) is 0 Å². The van der Waals surface area contributed by atoms with Gasteiger partial charge in [0.2, 0.25) is 6.10 Å². The summed E-state index contributed by atoms with van der Waals surface area (Å²) in [4.78, 5) is 26.6. The number of ether oxygens (including phenoxy) is 3. The van der Waals surface area contributed by atoms with Crippen molar-refractivity contribution >= 4 is 5.91 Å². The molecular formula is C21H22N2O5. The largest absolute Gasteiger partial charge is 0.486 e. The lowest BCUT2D eigenvalue weighted by atomic mass is 10.1. The van der Waals surface area contributed by atoms with Crippen molar-refractivity contribution in [3.8, 4) is 17.2 Å². The predicted molar refractivity (Wildman–Crippen MR) is 101 cm³/mol. The first-order valence-corrected chi connectivity index (χ1v) is 9.65. The van der Waals surface area contributed by atoms with E-state index in [4.69, 9.17) is 14.2 Å². The summed E-state index contributed by atoms with van der Waals surface area (Å²) in [6.45, 7) is 3.09. The number of rotatable bonds is 4. The molecule has 0 bridgehead atoms. The van der Waals surface area contributed by atoms with E-state index in [9.17, 15) is 9.59 Å². The molecule has 28 heavy (non-hydrogen) atoms. The number of hydrogen-bond acceptors (Lipinski definition) is 5. The van der Waals surface area contributed by atoms with Crippen LogP contribution in [0, 0.1) is 6.92 Å². The Hall–Kier alpha value is -2.96. The van der Waals surface area contributed by atoms with Gasteiger partial charge in [0.05, 0.1) is 13.1 Å². The average molecular weight is 382 g/mol. The number of hydrogen-bond donors (Lipinski definition) is 0. The molecule has 5 rings (SSSR count). The van der Waals surface area contributed by atoms with Crippen molar-refractivity contribution in [1.82, 2.24) is 9.47 Å². The van der Waals surface area contributed by atoms with E-state index in [1.54, 1.807) is 17.0 Å². The molecule has 2 aliphatic heterocycles. The van der Waals surface area contributed by atoms with E-state index in [1.165, 1.54) is 0 Å². The highest BCUT2D eigenvalue weighted by Crippen LogP contribution is 2.35. The molecule has 1 amide bonds. The Morgan fingerprint density at radius 2 is 1.89 bits per heavy atom. The highest BCUT2D eigenvalue weighted by atomic mass is 16.6. The summed E-state index contributed by atoms with van der Waals surface area (Å²) in [7, 11) is 0. The maximum absolute atomic E-state index is 12.6. The number of aromatic nitrogens is 1. The summed E-state index contributed by atoms with van der Waals surface area (Å²) in [6.07, 6.45) is 1.38. The number of para-hydroxylation sites is 2. The Morgan fingerprint density at radius 3 is 2.61 bits per heavy atom. The Bertz CT molecular complexity index is 975. The molecule has 1 atom stereocenters. The monoisotopic (exact) mass is 382 g/mol. The average Bonchev–Trinajstić information content (AvgIpc) is 3.48. The van der Waals surface area contributed by atoms with Gasteiger partial charge in [-0.3, -0.25) is 9.59 Å². The number of aryl methyl sites for hydroxylation is 1. The molecule has 1 unspecified atom stereocenters. The van der Waals surface area contributed by atoms with Crippen molar-refractivity contribution in [2.75, 3.05) is 19.7 Å². The predicted octanol–water partition coefficient (Wildman–Crippen LogP) is 1.92. The molecule has 1 saturated carbocycles. The molecule has 7 nitrogen and oxygen atoms in total. The van der Waals surface area contributed by atoms with Crippen molar-refractivity contribution in [1.29, 1.82) is 0 Å². The van der Waals surface area contributed by atoms with Gasteiger partial charge in [-0.05, 0) is 38.0 Å². The third-order valence-electron chi connectivity index (χ3n) is 5.39. The van der Waals surface area contributed by atoms with Crippen LogP contribution in [0.25, 0.3) is 0 Å². The summed E-state index contributed by atoms with van der Waals surface area (Å²) in [5, 5.41) is 0. The molecule has 146 valence electrons. The standard InChI is InChI=1S/C21H22N2O5/c1-13-8-15(9-20(24)23(13)14-6-7-14)27-16-10-22(11-16)21(25)19-12-26-17-4-2-3-5-18(17)28-19/h2-5,8-9,14,16,19H,6-7,10-12H2,1H3. The van der Waals surface area contributed by atoms with Crippen LogP contribution in [0.1, 0.15) is 24.6 Å². The van der Waals surface area contributed by atoms with Gasteiger partial charge in [-0.2, -0.15) is 0 Å². The van der Waals surface area contributed by atoms with E-state index >= 15 is 0 Å². The van der Waals surface area contributed by atoms with Gasteiger partial charge < -0.3 is 23.7 Å². The first-order chi connectivity index (χ1) is 13.6. The summed E-state index contributed by atoms with van der Waals surface area (Å²) in [5.74, 6) is 1.72. The maximum atomic E-state index is 12.6. The first-order valence-electron chi connectivity index (χ1n) is 9.65. The van der Waals surface area contributed by atoms with Gasteiger partial charge >= 0.3 is 0 Å². The summed E-state index contributed by atoms with van der Waals surface area (Å²) >= 11 is 0. The van der Waals surface area contributed by atoms with Gasteiger partial charge in [0.25, 0.3) is 11.5 Å². The molecule has 2 fully saturated rings. The van der Waals surface area contributed by atoms with E-state index in [1.807, 2.05) is 35.8 Å². The molecule has 0 N–H and O–H groups in total. The minimum Gasteiger partial charge on any atom is -0.486 e. The Labute approximate surface area is 162 Å². The molecule has 2 aromatic rings. The van der Waals surface area contributed by atoms with Crippen molar-refractivity contribution in [3.63, 3.8) is 0 Å². The normalized spacial score (nSPS) is 21.2. The van der Waals surface area contributed by atoms with E-state index in [-0.39, 0.29) is 24.2 Å². The van der Waals surface area contributed by atoms with Gasteiger partial charge in [-0.1, -0.05) is 12.1 Å². The number of nitrogens with zero attached hydrogens (tertiary/aromatic N) is 2. The molecule has 0 spiro atoms. The number of carbonyl (C=O) groups is 1. The molecular weight excluding hydrogens is 360 g/mol. The number of benzene rings is 1. The van der Waals surface area contributed by atoms with Crippen LogP contribution < -0.4 is 19.8 Å². The number of carbonyl (C=O) groups excluding carboxylic acids is 1. The van der Waals surface area contributed by atoms with Crippen molar-refractivity contribution in [2.45, 2.75) is 38.0 Å². The topological polar surface area (TPSA) is 70.0 Å². The van der Waals surface area contributed by atoms with Crippen LogP contribution in [-0.2, 0) is 4.79 Å². The van der Waals surface area contributed by atoms with Crippen LogP contribution in [-0.4, -0.2) is 47.3 Å². The van der Waals surface area contributed by atoms with Gasteiger partial charge in [0.1, 0.15) is 18.5 Å². The fourth-order valence-corrected chi connectivity index (χ4v) is 3.78. The zero-order valence-electron chi connectivity index (χ0n) is 15.7. The van der Waals surface area contributed by atoms with E-state index in [0.717, 1.165) is 18.5 Å². The highest BCUT2D eigenvalue weighted by molar-refractivity contribution is 5.82. The number of amides is 1. The van der Waals surface area contributed by atoms with Gasteiger partial charge in [-0.25, -0.2) is 0 Å². The summed E-state index contributed by atoms with van der Waals surface area (Å²) < 4.78 is 19.1. The minimum absolute atomic E-state index is 0.0174. The third-order valence-corrected chi connectivity index (χ3v) is 5.39. The number of pyridine rings is 1. The summed E-state index contributed by atoms with van der Waals surface area (Å²) in [5.41, 5.74) is 0.903. The SMILES string of the molecule is Cc1cc(OC2CN(C(=O)C3COc4ccccc4O3)C2)cc(=O)n1C1CC1. The van der Waals surface area contributed by atoms with E-state index in [2.05, 4.69) is 0 Å². The Kier molecular flexibility index (Phi) is 4.03. The zero-order valence-corrected chi connectivity index (χ0v) is 15.7. The lowest BCUT2D eigenvalue weighted by Gasteiger charge is -2.41. The molecule has 3 heterocycles. The van der Waals surface area contributed by atoms with Crippen molar-refractivity contribution < 1.29 is 19.0 Å². The van der Waals surface area contributed by atoms with Crippen LogP contribution in [0.3, 0.4) is 0 Å². The van der Waals surface area contributed by atoms with Crippen LogP contribution in [0.5, 0.6) is 17.2 Å². The van der Waals surface area contributed by atoms with Crippen LogP contribution in [0.4, 0.5) is 0 Å². The lowest BCUT2D eigenvalue weighted by molar-refractivity contribution is -0.150. The second kappa shape index (κ2) is 6.58. The molecule has 1 aromatic heterocycles.